The van der Waals surface area contributed by atoms with Gasteiger partial charge in [-0.25, -0.2) is 4.79 Å². The van der Waals surface area contributed by atoms with Gasteiger partial charge in [0.25, 0.3) is 0 Å². The molecule has 1 aliphatic heterocycles. The van der Waals surface area contributed by atoms with Gasteiger partial charge in [0, 0.05) is 12.1 Å². The highest BCUT2D eigenvalue weighted by molar-refractivity contribution is 5.85. The third-order valence-corrected chi connectivity index (χ3v) is 2.66. The van der Waals surface area contributed by atoms with E-state index in [1.807, 2.05) is 20.8 Å². The Morgan fingerprint density at radius 2 is 2.16 bits per heavy atom. The van der Waals surface area contributed by atoms with Crippen LogP contribution in [0.5, 0.6) is 0 Å². The summed E-state index contributed by atoms with van der Waals surface area (Å²) in [6, 6.07) is -0.534. The molecule has 0 aromatic carbocycles. The lowest BCUT2D eigenvalue weighted by Gasteiger charge is -2.27. The molecule has 3 amide bonds. The smallest absolute Gasteiger partial charge is 0.329 e. The van der Waals surface area contributed by atoms with E-state index in [1.165, 1.54) is 4.90 Å². The topological polar surface area (TPSA) is 78.9 Å². The number of aliphatic hydroxyl groups is 1. The second-order valence-corrected chi connectivity index (χ2v) is 4.00. The van der Waals surface area contributed by atoms with Crippen LogP contribution in [0, 0.1) is 5.92 Å². The van der Waals surface area contributed by atoms with Gasteiger partial charge in [-0.05, 0) is 13.3 Å². The lowest BCUT2D eigenvalue weighted by atomic mass is 10.1. The molecule has 0 bridgehead atoms. The van der Waals surface area contributed by atoms with Crippen LogP contribution in [-0.4, -0.2) is 41.4 Å². The van der Waals surface area contributed by atoms with Crippen molar-refractivity contribution >= 4 is 12.4 Å². The molecule has 6 heteroatoms. The van der Waals surface area contributed by atoms with E-state index in [4.69, 9.17) is 9.84 Å². The third kappa shape index (κ3) is 5.00. The molecule has 0 aliphatic carbocycles. The van der Waals surface area contributed by atoms with E-state index in [1.54, 1.807) is 19.2 Å². The second kappa shape index (κ2) is 9.52. The van der Waals surface area contributed by atoms with E-state index in [-0.39, 0.29) is 18.6 Å². The van der Waals surface area contributed by atoms with Crippen LogP contribution in [0.3, 0.4) is 0 Å². The van der Waals surface area contributed by atoms with Crippen molar-refractivity contribution in [3.63, 3.8) is 0 Å². The van der Waals surface area contributed by atoms with Crippen LogP contribution in [0.4, 0.5) is 4.79 Å². The summed E-state index contributed by atoms with van der Waals surface area (Å²) >= 11 is 0. The van der Waals surface area contributed by atoms with Crippen LogP contribution in [0.15, 0.2) is 12.3 Å². The molecule has 0 saturated carbocycles. The van der Waals surface area contributed by atoms with Crippen LogP contribution >= 0.6 is 0 Å². The zero-order valence-corrected chi connectivity index (χ0v) is 12.0. The van der Waals surface area contributed by atoms with E-state index in [9.17, 15) is 9.59 Å². The Bertz CT molecular complexity index is 307. The van der Waals surface area contributed by atoms with Crippen LogP contribution in [0.1, 0.15) is 34.1 Å². The van der Waals surface area contributed by atoms with Crippen molar-refractivity contribution in [2.75, 3.05) is 6.61 Å². The van der Waals surface area contributed by atoms with Crippen molar-refractivity contribution in [2.45, 2.75) is 46.4 Å². The highest BCUT2D eigenvalue weighted by atomic mass is 16.5. The summed E-state index contributed by atoms with van der Waals surface area (Å²) in [5.41, 5.74) is 0. The number of hydrogen-bond acceptors (Lipinski definition) is 4. The zero-order chi connectivity index (χ0) is 14.8. The minimum atomic E-state index is -0.534. The van der Waals surface area contributed by atoms with Crippen molar-refractivity contribution in [3.8, 4) is 0 Å². The Morgan fingerprint density at radius 3 is 2.58 bits per heavy atom. The van der Waals surface area contributed by atoms with Gasteiger partial charge in [-0.15, -0.1) is 0 Å². The number of carbonyl (C=O) groups is 2. The first-order valence-corrected chi connectivity index (χ1v) is 6.55. The molecular formula is C13H24N2O4. The van der Waals surface area contributed by atoms with Gasteiger partial charge >= 0.3 is 6.03 Å². The summed E-state index contributed by atoms with van der Waals surface area (Å²) in [4.78, 5) is 23.3. The molecule has 1 aliphatic rings. The van der Waals surface area contributed by atoms with Gasteiger partial charge in [-0.3, -0.25) is 15.0 Å². The summed E-state index contributed by atoms with van der Waals surface area (Å²) in [7, 11) is 0. The molecule has 3 atom stereocenters. The predicted octanol–water partition coefficient (Wildman–Crippen LogP) is 1.46. The summed E-state index contributed by atoms with van der Waals surface area (Å²) in [6.07, 6.45) is 3.55. The van der Waals surface area contributed by atoms with E-state index in [0.717, 1.165) is 0 Å². The fourth-order valence-electron chi connectivity index (χ4n) is 1.93. The first kappa shape index (κ1) is 17.6. The number of nitrogens with one attached hydrogen (secondary N) is 1. The van der Waals surface area contributed by atoms with E-state index >= 15 is 0 Å². The van der Waals surface area contributed by atoms with Crippen LogP contribution in [0.2, 0.25) is 0 Å². The Kier molecular flexibility index (Phi) is 8.82. The van der Waals surface area contributed by atoms with Gasteiger partial charge in [0.1, 0.15) is 6.23 Å². The SMILES string of the molecule is C/C=C\N(C(=O)NC=O)C1OC(CO)CC1C.CC. The van der Waals surface area contributed by atoms with Crippen molar-refractivity contribution < 1.29 is 19.4 Å². The van der Waals surface area contributed by atoms with E-state index < -0.39 is 12.3 Å². The van der Waals surface area contributed by atoms with Gasteiger partial charge in [-0.1, -0.05) is 26.8 Å². The maximum Gasteiger partial charge on any atom is 0.329 e. The molecule has 0 aromatic heterocycles. The molecule has 0 aromatic rings. The molecule has 6 nitrogen and oxygen atoms in total. The molecule has 3 unspecified atom stereocenters. The molecule has 1 fully saturated rings. The Hall–Kier alpha value is -1.40. The second-order valence-electron chi connectivity index (χ2n) is 4.00. The van der Waals surface area contributed by atoms with Crippen LogP contribution in [0.25, 0.3) is 0 Å². The standard InChI is InChI=1S/C11H18N2O4.C2H6/c1-3-4-13(11(16)12-7-15)10-8(2)5-9(6-14)17-10;1-2/h3-4,7-10,14H,5-6H2,1-2H3,(H,12,15,16);1-2H3/b4-3-;. The molecule has 0 radical (unpaired) electrons. The Morgan fingerprint density at radius 1 is 1.53 bits per heavy atom. The monoisotopic (exact) mass is 272 g/mol. The molecule has 1 rings (SSSR count). The molecule has 2 N–H and O–H groups in total. The maximum absolute atomic E-state index is 11.7. The van der Waals surface area contributed by atoms with E-state index in [0.29, 0.717) is 12.8 Å². The van der Waals surface area contributed by atoms with Crippen molar-refractivity contribution in [1.29, 1.82) is 0 Å². The number of allylic oxidation sites excluding steroid dienone is 1. The Labute approximate surface area is 114 Å². The van der Waals surface area contributed by atoms with Gasteiger partial charge in [0.2, 0.25) is 6.41 Å². The van der Waals surface area contributed by atoms with Gasteiger partial charge < -0.3 is 9.84 Å². The average Bonchev–Trinajstić information content (AvgIpc) is 2.79. The van der Waals surface area contributed by atoms with Crippen LogP contribution in [-0.2, 0) is 9.53 Å². The van der Waals surface area contributed by atoms with E-state index in [2.05, 4.69) is 5.32 Å². The number of rotatable bonds is 4. The first-order valence-electron chi connectivity index (χ1n) is 6.55. The van der Waals surface area contributed by atoms with Crippen molar-refractivity contribution in [2.24, 2.45) is 5.92 Å². The normalized spacial score (nSPS) is 25.6. The number of ether oxygens (including phenoxy) is 1. The first-order chi connectivity index (χ1) is 9.13. The summed E-state index contributed by atoms with van der Waals surface area (Å²) in [6.45, 7) is 7.63. The molecular weight excluding hydrogens is 248 g/mol. The highest BCUT2D eigenvalue weighted by Crippen LogP contribution is 2.28. The van der Waals surface area contributed by atoms with Gasteiger partial charge in [0.05, 0.1) is 12.7 Å². The highest BCUT2D eigenvalue weighted by Gasteiger charge is 2.37. The molecule has 110 valence electrons. The quantitative estimate of drug-likeness (QED) is 0.759. The minimum Gasteiger partial charge on any atom is -0.394 e. The number of aliphatic hydroxyl groups excluding tert-OH is 1. The number of imide groups is 1. The summed E-state index contributed by atoms with van der Waals surface area (Å²) < 4.78 is 5.55. The predicted molar refractivity (Wildman–Crippen MR) is 72.1 cm³/mol. The summed E-state index contributed by atoms with van der Waals surface area (Å²) in [5.74, 6) is 0.0979. The molecule has 1 heterocycles. The maximum atomic E-state index is 11.7. The Balaban J connectivity index is 0.00000154. The van der Waals surface area contributed by atoms with Crippen molar-refractivity contribution in [3.05, 3.63) is 12.3 Å². The minimum absolute atomic E-state index is 0.0696. The zero-order valence-electron chi connectivity index (χ0n) is 12.0. The van der Waals surface area contributed by atoms with Crippen molar-refractivity contribution in [1.82, 2.24) is 10.2 Å². The third-order valence-electron chi connectivity index (χ3n) is 2.66. The largest absolute Gasteiger partial charge is 0.394 e. The molecule has 1 saturated heterocycles. The molecule has 0 spiro atoms. The number of amides is 3. The summed E-state index contributed by atoms with van der Waals surface area (Å²) in [5, 5.41) is 11.1. The lowest BCUT2D eigenvalue weighted by molar-refractivity contribution is -0.109. The van der Waals surface area contributed by atoms with Gasteiger partial charge in [-0.2, -0.15) is 0 Å². The lowest BCUT2D eigenvalue weighted by Crippen LogP contribution is -2.44. The number of carbonyl (C=O) groups excluding carboxylic acids is 2. The van der Waals surface area contributed by atoms with Crippen LogP contribution < -0.4 is 5.32 Å². The number of nitrogens with zero attached hydrogens (tertiary/aromatic N) is 1. The fourth-order valence-corrected chi connectivity index (χ4v) is 1.93. The number of hydrogen-bond donors (Lipinski definition) is 2. The molecule has 19 heavy (non-hydrogen) atoms. The van der Waals surface area contributed by atoms with Gasteiger partial charge in [0.15, 0.2) is 0 Å². The fraction of sp³-hybridized carbons (Fsp3) is 0.692. The average molecular weight is 272 g/mol. The number of urea groups is 1.